The number of pyridine rings is 1. The number of piperazine rings is 1. The summed E-state index contributed by atoms with van der Waals surface area (Å²) in [6.07, 6.45) is 3.35. The lowest BCUT2D eigenvalue weighted by atomic mass is 9.84. The molecule has 1 amide bonds. The zero-order chi connectivity index (χ0) is 23.8. The smallest absolute Gasteiger partial charge is 0.407 e. The first kappa shape index (κ1) is 22.9. The molecular formula is C24H25ClFN5O2. The highest BCUT2D eigenvalue weighted by Crippen LogP contribution is 2.34. The number of carbonyl (C=O) groups is 1. The average Bonchev–Trinajstić information content (AvgIpc) is 2.79. The summed E-state index contributed by atoms with van der Waals surface area (Å²) in [5, 5.41) is 10.2. The molecule has 3 aromatic rings. The Morgan fingerprint density at radius 3 is 2.48 bits per heavy atom. The molecule has 1 fully saturated rings. The fourth-order valence-corrected chi connectivity index (χ4v) is 4.19. The van der Waals surface area contributed by atoms with Gasteiger partial charge in [0.1, 0.15) is 5.82 Å². The van der Waals surface area contributed by atoms with Gasteiger partial charge in [-0.3, -0.25) is 4.98 Å². The van der Waals surface area contributed by atoms with E-state index in [0.717, 1.165) is 11.8 Å². The molecule has 2 aromatic heterocycles. The number of aromatic nitrogens is 3. The molecule has 1 saturated heterocycles. The van der Waals surface area contributed by atoms with Crippen LogP contribution in [0.15, 0.2) is 48.9 Å². The molecule has 1 atom stereocenters. The summed E-state index contributed by atoms with van der Waals surface area (Å²) in [4.78, 5) is 28.6. The van der Waals surface area contributed by atoms with Crippen LogP contribution in [0.5, 0.6) is 0 Å². The lowest BCUT2D eigenvalue weighted by Crippen LogP contribution is -2.59. The van der Waals surface area contributed by atoms with Gasteiger partial charge in [-0.2, -0.15) is 0 Å². The van der Waals surface area contributed by atoms with Gasteiger partial charge >= 0.3 is 6.09 Å². The van der Waals surface area contributed by atoms with Crippen LogP contribution in [0.25, 0.3) is 22.5 Å². The number of anilines is 1. The number of benzene rings is 1. The van der Waals surface area contributed by atoms with Gasteiger partial charge in [0.05, 0.1) is 29.8 Å². The van der Waals surface area contributed by atoms with E-state index in [1.54, 1.807) is 24.4 Å². The molecular weight excluding hydrogens is 445 g/mol. The molecule has 0 aliphatic carbocycles. The van der Waals surface area contributed by atoms with Gasteiger partial charge in [0.15, 0.2) is 5.82 Å². The van der Waals surface area contributed by atoms with Crippen LogP contribution < -0.4 is 4.90 Å². The van der Waals surface area contributed by atoms with Crippen molar-refractivity contribution >= 4 is 23.5 Å². The Balaban J connectivity index is 1.78. The number of rotatable bonds is 3. The summed E-state index contributed by atoms with van der Waals surface area (Å²) in [5.41, 5.74) is 1.71. The van der Waals surface area contributed by atoms with Gasteiger partial charge in [-0.1, -0.05) is 44.5 Å². The Morgan fingerprint density at radius 2 is 1.85 bits per heavy atom. The first-order valence-electron chi connectivity index (χ1n) is 10.6. The number of carboxylic acid groups (broad SMARTS) is 1. The van der Waals surface area contributed by atoms with Crippen LogP contribution in [0.2, 0.25) is 5.02 Å². The van der Waals surface area contributed by atoms with E-state index in [-0.39, 0.29) is 11.5 Å². The summed E-state index contributed by atoms with van der Waals surface area (Å²) in [7, 11) is 0. The maximum Gasteiger partial charge on any atom is 0.407 e. The van der Waals surface area contributed by atoms with E-state index in [2.05, 4.69) is 9.97 Å². The monoisotopic (exact) mass is 469 g/mol. The summed E-state index contributed by atoms with van der Waals surface area (Å²) in [5.74, 6) is 0.120. The summed E-state index contributed by atoms with van der Waals surface area (Å²) in [6, 6.07) is 8.48. The Bertz CT molecular complexity index is 1170. The minimum absolute atomic E-state index is 0.221. The van der Waals surface area contributed by atoms with Crippen molar-refractivity contribution in [1.82, 2.24) is 19.9 Å². The number of nitrogens with zero attached hydrogens (tertiary/aromatic N) is 5. The van der Waals surface area contributed by atoms with E-state index in [4.69, 9.17) is 16.6 Å². The highest BCUT2D eigenvalue weighted by atomic mass is 35.5. The minimum atomic E-state index is -0.925. The van der Waals surface area contributed by atoms with Crippen molar-refractivity contribution in [2.24, 2.45) is 5.41 Å². The van der Waals surface area contributed by atoms with Gasteiger partial charge in [-0.15, -0.1) is 0 Å². The summed E-state index contributed by atoms with van der Waals surface area (Å²) < 4.78 is 14.6. The van der Waals surface area contributed by atoms with Crippen LogP contribution in [-0.4, -0.2) is 56.7 Å². The van der Waals surface area contributed by atoms with Gasteiger partial charge < -0.3 is 14.9 Å². The SMILES string of the molecule is CC(C)(C)C1CN(c2cnc(-c3ccncc3F)c(-c3ccc(Cl)cc3)n2)CCN1C(=O)O. The van der Waals surface area contributed by atoms with Crippen LogP contribution in [0, 0.1) is 11.2 Å². The van der Waals surface area contributed by atoms with Gasteiger partial charge in [0.2, 0.25) is 0 Å². The first-order chi connectivity index (χ1) is 15.6. The van der Waals surface area contributed by atoms with Crippen LogP contribution >= 0.6 is 11.6 Å². The second-order valence-electron chi connectivity index (χ2n) is 9.09. The Hall–Kier alpha value is -3.26. The number of hydrogen-bond donors (Lipinski definition) is 1. The predicted molar refractivity (Wildman–Crippen MR) is 126 cm³/mol. The predicted octanol–water partition coefficient (Wildman–Crippen LogP) is 5.21. The third kappa shape index (κ3) is 4.75. The molecule has 1 unspecified atom stereocenters. The van der Waals surface area contributed by atoms with E-state index in [0.29, 0.717) is 47.4 Å². The maximum atomic E-state index is 14.6. The zero-order valence-electron chi connectivity index (χ0n) is 18.7. The van der Waals surface area contributed by atoms with Crippen molar-refractivity contribution in [3.05, 3.63) is 59.8 Å². The summed E-state index contributed by atoms with van der Waals surface area (Å²) >= 11 is 6.07. The number of halogens is 2. The molecule has 4 rings (SSSR count). The maximum absolute atomic E-state index is 14.6. The largest absolute Gasteiger partial charge is 0.465 e. The van der Waals surface area contributed by atoms with E-state index in [1.165, 1.54) is 11.1 Å². The van der Waals surface area contributed by atoms with Gasteiger partial charge in [0.25, 0.3) is 0 Å². The van der Waals surface area contributed by atoms with Crippen LogP contribution in [-0.2, 0) is 0 Å². The van der Waals surface area contributed by atoms with E-state index in [9.17, 15) is 14.3 Å². The lowest BCUT2D eigenvalue weighted by Gasteiger charge is -2.46. The average molecular weight is 470 g/mol. The van der Waals surface area contributed by atoms with Crippen molar-refractivity contribution in [3.63, 3.8) is 0 Å². The second-order valence-corrected chi connectivity index (χ2v) is 9.53. The van der Waals surface area contributed by atoms with Crippen molar-refractivity contribution < 1.29 is 14.3 Å². The highest BCUT2D eigenvalue weighted by Gasteiger charge is 2.38. The Morgan fingerprint density at radius 1 is 1.12 bits per heavy atom. The third-order valence-corrected chi connectivity index (χ3v) is 6.11. The van der Waals surface area contributed by atoms with E-state index in [1.807, 2.05) is 37.8 Å². The van der Waals surface area contributed by atoms with Crippen LogP contribution in [0.3, 0.4) is 0 Å². The number of amides is 1. The van der Waals surface area contributed by atoms with Crippen molar-refractivity contribution in [2.45, 2.75) is 26.8 Å². The number of hydrogen-bond acceptors (Lipinski definition) is 5. The molecule has 0 bridgehead atoms. The summed E-state index contributed by atoms with van der Waals surface area (Å²) in [6.45, 7) is 7.39. The molecule has 0 saturated carbocycles. The molecule has 172 valence electrons. The fourth-order valence-electron chi connectivity index (χ4n) is 4.07. The van der Waals surface area contributed by atoms with Crippen molar-refractivity contribution in [1.29, 1.82) is 0 Å². The topological polar surface area (TPSA) is 82.5 Å². The van der Waals surface area contributed by atoms with Crippen LogP contribution in [0.4, 0.5) is 15.0 Å². The molecule has 9 heteroatoms. The van der Waals surface area contributed by atoms with Gasteiger partial charge in [0, 0.05) is 42.0 Å². The molecule has 0 radical (unpaired) electrons. The quantitative estimate of drug-likeness (QED) is 0.566. The molecule has 0 spiro atoms. The standard InChI is InChI=1S/C24H25ClFN5O2/c1-24(2,3)19-14-30(10-11-31(19)23(32)33)20-13-28-22(17-8-9-27-12-18(17)26)21(29-20)15-4-6-16(25)7-5-15/h4-9,12-13,19H,10-11,14H2,1-3H3,(H,32,33). The zero-order valence-corrected chi connectivity index (χ0v) is 19.4. The minimum Gasteiger partial charge on any atom is -0.465 e. The molecule has 1 aliphatic heterocycles. The molecule has 1 N–H and O–H groups in total. The molecule has 33 heavy (non-hydrogen) atoms. The lowest BCUT2D eigenvalue weighted by molar-refractivity contribution is 0.0747. The van der Waals surface area contributed by atoms with Gasteiger partial charge in [-0.05, 0) is 23.6 Å². The van der Waals surface area contributed by atoms with Crippen LogP contribution in [0.1, 0.15) is 20.8 Å². The Kier molecular flexibility index (Phi) is 6.21. The molecule has 1 aliphatic rings. The first-order valence-corrected chi connectivity index (χ1v) is 11.0. The van der Waals surface area contributed by atoms with E-state index < -0.39 is 11.9 Å². The van der Waals surface area contributed by atoms with E-state index >= 15 is 0 Å². The highest BCUT2D eigenvalue weighted by molar-refractivity contribution is 6.30. The second kappa shape index (κ2) is 8.94. The van der Waals surface area contributed by atoms with Crippen molar-refractivity contribution in [3.8, 4) is 22.5 Å². The Labute approximate surface area is 196 Å². The van der Waals surface area contributed by atoms with Gasteiger partial charge in [-0.25, -0.2) is 19.2 Å². The molecule has 3 heterocycles. The fraction of sp³-hybridized carbons (Fsp3) is 0.333. The molecule has 7 nitrogen and oxygen atoms in total. The van der Waals surface area contributed by atoms with Crippen molar-refractivity contribution in [2.75, 3.05) is 24.5 Å². The third-order valence-electron chi connectivity index (χ3n) is 5.85. The molecule has 1 aromatic carbocycles. The normalized spacial score (nSPS) is 16.7.